The number of carbonyl (C=O) groups excluding carboxylic acids is 1. The van der Waals surface area contributed by atoms with Crippen LogP contribution in [-0.2, 0) is 4.79 Å². The third-order valence-electron chi connectivity index (χ3n) is 3.11. The summed E-state index contributed by atoms with van der Waals surface area (Å²) in [4.78, 5) is 15.7. The van der Waals surface area contributed by atoms with Gasteiger partial charge in [0.1, 0.15) is 5.01 Å². The second-order valence-corrected chi connectivity index (χ2v) is 6.04. The zero-order valence-corrected chi connectivity index (χ0v) is 13.4. The molecule has 0 aliphatic rings. The van der Waals surface area contributed by atoms with Crippen LogP contribution in [0.5, 0.6) is 0 Å². The number of anilines is 1. The Bertz CT molecular complexity index is 812. The fourth-order valence-electron chi connectivity index (χ4n) is 2.09. The minimum Gasteiger partial charge on any atom is -0.326 e. The standard InChI is InChI=1S/C17H13ClN2OS/c1-11(21)19-13-8-6-12(7-9-13)16-10-22-17(20-16)14-4-2-3-5-15(14)18/h2-10H,1H3,(H,19,21). The average Bonchev–Trinajstić information content (AvgIpc) is 2.97. The predicted molar refractivity (Wildman–Crippen MR) is 92.3 cm³/mol. The molecule has 0 saturated carbocycles. The van der Waals surface area contributed by atoms with Gasteiger partial charge in [-0.25, -0.2) is 4.98 Å². The van der Waals surface area contributed by atoms with Gasteiger partial charge in [0, 0.05) is 29.1 Å². The van der Waals surface area contributed by atoms with Gasteiger partial charge in [0.15, 0.2) is 0 Å². The van der Waals surface area contributed by atoms with Crippen molar-refractivity contribution in [1.82, 2.24) is 4.98 Å². The van der Waals surface area contributed by atoms with Crippen molar-refractivity contribution in [3.63, 3.8) is 0 Å². The molecule has 1 N–H and O–H groups in total. The normalized spacial score (nSPS) is 10.5. The summed E-state index contributed by atoms with van der Waals surface area (Å²) in [6, 6.07) is 15.3. The van der Waals surface area contributed by atoms with E-state index in [9.17, 15) is 4.79 Å². The molecular formula is C17H13ClN2OS. The molecule has 0 bridgehead atoms. The number of hydrogen-bond donors (Lipinski definition) is 1. The molecular weight excluding hydrogens is 316 g/mol. The summed E-state index contributed by atoms with van der Waals surface area (Å²) in [6.45, 7) is 1.49. The molecule has 3 nitrogen and oxygen atoms in total. The molecule has 0 fully saturated rings. The first-order valence-electron chi connectivity index (χ1n) is 6.72. The van der Waals surface area contributed by atoms with Gasteiger partial charge < -0.3 is 5.32 Å². The van der Waals surface area contributed by atoms with Crippen LogP contribution in [0, 0.1) is 0 Å². The Labute approximate surface area is 137 Å². The number of carbonyl (C=O) groups is 1. The molecule has 0 spiro atoms. The van der Waals surface area contributed by atoms with Gasteiger partial charge in [-0.05, 0) is 18.2 Å². The lowest BCUT2D eigenvalue weighted by atomic mass is 10.1. The average molecular weight is 329 g/mol. The van der Waals surface area contributed by atoms with E-state index in [0.29, 0.717) is 5.02 Å². The van der Waals surface area contributed by atoms with E-state index >= 15 is 0 Å². The largest absolute Gasteiger partial charge is 0.326 e. The van der Waals surface area contributed by atoms with Gasteiger partial charge in [-0.15, -0.1) is 11.3 Å². The van der Waals surface area contributed by atoms with Gasteiger partial charge in [-0.2, -0.15) is 0 Å². The molecule has 3 rings (SSSR count). The minimum atomic E-state index is -0.0811. The van der Waals surface area contributed by atoms with Crippen molar-refractivity contribution in [3.8, 4) is 21.8 Å². The van der Waals surface area contributed by atoms with Crippen molar-refractivity contribution in [3.05, 3.63) is 58.9 Å². The van der Waals surface area contributed by atoms with Gasteiger partial charge in [0.05, 0.1) is 10.7 Å². The van der Waals surface area contributed by atoms with E-state index in [1.165, 1.54) is 6.92 Å². The molecule has 2 aromatic carbocycles. The highest BCUT2D eigenvalue weighted by molar-refractivity contribution is 7.13. The molecule has 5 heteroatoms. The fraction of sp³-hybridized carbons (Fsp3) is 0.0588. The van der Waals surface area contributed by atoms with Crippen LogP contribution in [0.1, 0.15) is 6.92 Å². The fourth-order valence-corrected chi connectivity index (χ4v) is 3.24. The van der Waals surface area contributed by atoms with Crippen molar-refractivity contribution in [1.29, 1.82) is 0 Å². The van der Waals surface area contributed by atoms with E-state index in [0.717, 1.165) is 27.5 Å². The molecule has 1 aromatic heterocycles. The van der Waals surface area contributed by atoms with Gasteiger partial charge in [0.2, 0.25) is 5.91 Å². The molecule has 1 heterocycles. The maximum Gasteiger partial charge on any atom is 0.221 e. The quantitative estimate of drug-likeness (QED) is 0.727. The summed E-state index contributed by atoms with van der Waals surface area (Å²) < 4.78 is 0. The van der Waals surface area contributed by atoms with Gasteiger partial charge in [0.25, 0.3) is 0 Å². The predicted octanol–water partition coefficient (Wildman–Crippen LogP) is 5.09. The molecule has 0 saturated heterocycles. The zero-order valence-electron chi connectivity index (χ0n) is 11.8. The van der Waals surface area contributed by atoms with Crippen LogP contribution in [0.3, 0.4) is 0 Å². The van der Waals surface area contributed by atoms with Crippen LogP contribution < -0.4 is 5.32 Å². The maximum atomic E-state index is 11.0. The first kappa shape index (κ1) is 14.8. The zero-order chi connectivity index (χ0) is 15.5. The summed E-state index contributed by atoms with van der Waals surface area (Å²) >= 11 is 7.77. The monoisotopic (exact) mass is 328 g/mol. The van der Waals surface area contributed by atoms with E-state index in [2.05, 4.69) is 10.3 Å². The van der Waals surface area contributed by atoms with Gasteiger partial charge in [-0.3, -0.25) is 4.79 Å². The van der Waals surface area contributed by atoms with E-state index in [4.69, 9.17) is 11.6 Å². The highest BCUT2D eigenvalue weighted by Gasteiger charge is 2.09. The summed E-state index contributed by atoms with van der Waals surface area (Å²) in [5.41, 5.74) is 3.62. The van der Waals surface area contributed by atoms with Crippen LogP contribution >= 0.6 is 22.9 Å². The molecule has 22 heavy (non-hydrogen) atoms. The van der Waals surface area contributed by atoms with Crippen molar-refractivity contribution in [2.75, 3.05) is 5.32 Å². The summed E-state index contributed by atoms with van der Waals surface area (Å²) in [7, 11) is 0. The molecule has 0 aliphatic heterocycles. The number of nitrogens with one attached hydrogen (secondary N) is 1. The molecule has 0 radical (unpaired) electrons. The van der Waals surface area contributed by atoms with Crippen molar-refractivity contribution < 1.29 is 4.79 Å². The Morgan fingerprint density at radius 1 is 1.14 bits per heavy atom. The summed E-state index contributed by atoms with van der Waals surface area (Å²) in [6.07, 6.45) is 0. The lowest BCUT2D eigenvalue weighted by Crippen LogP contribution is -2.05. The first-order valence-corrected chi connectivity index (χ1v) is 7.98. The van der Waals surface area contributed by atoms with Crippen LogP contribution in [0.25, 0.3) is 21.8 Å². The number of hydrogen-bond acceptors (Lipinski definition) is 3. The van der Waals surface area contributed by atoms with Crippen molar-refractivity contribution in [2.24, 2.45) is 0 Å². The first-order chi connectivity index (χ1) is 10.6. The second kappa shape index (κ2) is 6.30. The smallest absolute Gasteiger partial charge is 0.221 e. The molecule has 110 valence electrons. The Hall–Kier alpha value is -2.17. The highest BCUT2D eigenvalue weighted by atomic mass is 35.5. The molecule has 0 atom stereocenters. The van der Waals surface area contributed by atoms with E-state index in [1.807, 2.05) is 53.9 Å². The van der Waals surface area contributed by atoms with Crippen molar-refractivity contribution >= 4 is 34.5 Å². The molecule has 1 amide bonds. The van der Waals surface area contributed by atoms with Crippen LogP contribution in [0.4, 0.5) is 5.69 Å². The lowest BCUT2D eigenvalue weighted by Gasteiger charge is -2.03. The third kappa shape index (κ3) is 3.18. The summed E-state index contributed by atoms with van der Waals surface area (Å²) in [5, 5.41) is 6.35. The highest BCUT2D eigenvalue weighted by Crippen LogP contribution is 2.33. The molecule has 3 aromatic rings. The number of aromatic nitrogens is 1. The topological polar surface area (TPSA) is 42.0 Å². The Morgan fingerprint density at radius 2 is 1.86 bits per heavy atom. The van der Waals surface area contributed by atoms with Crippen LogP contribution in [0.15, 0.2) is 53.9 Å². The van der Waals surface area contributed by atoms with Gasteiger partial charge in [-0.1, -0.05) is 41.9 Å². The Balaban J connectivity index is 1.88. The van der Waals surface area contributed by atoms with Crippen molar-refractivity contribution in [2.45, 2.75) is 6.92 Å². The number of nitrogens with zero attached hydrogens (tertiary/aromatic N) is 1. The molecule has 0 unspecified atom stereocenters. The number of amides is 1. The minimum absolute atomic E-state index is 0.0811. The molecule has 0 aliphatic carbocycles. The number of benzene rings is 2. The number of thiazole rings is 1. The number of halogens is 1. The Kier molecular flexibility index (Phi) is 4.22. The SMILES string of the molecule is CC(=O)Nc1ccc(-c2csc(-c3ccccc3Cl)n2)cc1. The third-order valence-corrected chi connectivity index (χ3v) is 4.31. The number of rotatable bonds is 3. The Morgan fingerprint density at radius 3 is 2.55 bits per heavy atom. The van der Waals surface area contributed by atoms with E-state index < -0.39 is 0 Å². The van der Waals surface area contributed by atoms with E-state index in [1.54, 1.807) is 11.3 Å². The van der Waals surface area contributed by atoms with Crippen LogP contribution in [0.2, 0.25) is 5.02 Å². The van der Waals surface area contributed by atoms with Crippen LogP contribution in [-0.4, -0.2) is 10.9 Å². The second-order valence-electron chi connectivity index (χ2n) is 4.78. The summed E-state index contributed by atoms with van der Waals surface area (Å²) in [5.74, 6) is -0.0811. The van der Waals surface area contributed by atoms with E-state index in [-0.39, 0.29) is 5.91 Å². The van der Waals surface area contributed by atoms with Gasteiger partial charge >= 0.3 is 0 Å². The lowest BCUT2D eigenvalue weighted by molar-refractivity contribution is -0.114. The maximum absolute atomic E-state index is 11.0.